The highest BCUT2D eigenvalue weighted by molar-refractivity contribution is 4.76. The van der Waals surface area contributed by atoms with E-state index in [-0.39, 0.29) is 12.6 Å². The first-order chi connectivity index (χ1) is 7.24. The Morgan fingerprint density at radius 1 is 1.60 bits per heavy atom. The normalized spacial score (nSPS) is 13.1. The fourth-order valence-electron chi connectivity index (χ4n) is 1.49. The first kappa shape index (κ1) is 14.6. The van der Waals surface area contributed by atoms with Gasteiger partial charge in [-0.3, -0.25) is 4.90 Å². The summed E-state index contributed by atoms with van der Waals surface area (Å²) in [5.74, 6) is 0. The van der Waals surface area contributed by atoms with Crippen molar-refractivity contribution in [2.45, 2.75) is 18.9 Å². The fourth-order valence-corrected chi connectivity index (χ4v) is 1.49. The molecule has 4 heteroatoms. The second-order valence-electron chi connectivity index (χ2n) is 3.67. The van der Waals surface area contributed by atoms with Gasteiger partial charge in [-0.2, -0.15) is 0 Å². The van der Waals surface area contributed by atoms with Gasteiger partial charge in [0.05, 0.1) is 6.61 Å². The Kier molecular flexibility index (Phi) is 9.83. The Morgan fingerprint density at radius 3 is 2.87 bits per heavy atom. The van der Waals surface area contributed by atoms with E-state index in [1.54, 1.807) is 7.11 Å². The first-order valence-electron chi connectivity index (χ1n) is 5.43. The molecule has 0 spiro atoms. The van der Waals surface area contributed by atoms with Crippen molar-refractivity contribution < 1.29 is 9.84 Å². The molecule has 0 radical (unpaired) electrons. The summed E-state index contributed by atoms with van der Waals surface area (Å²) in [4.78, 5) is 2.10. The molecule has 4 nitrogen and oxygen atoms in total. The predicted octanol–water partition coefficient (Wildman–Crippen LogP) is 0.221. The molecule has 1 atom stereocenters. The molecule has 0 heterocycles. The molecule has 1 unspecified atom stereocenters. The summed E-state index contributed by atoms with van der Waals surface area (Å²) in [6.45, 7) is 6.84. The molecule has 0 aliphatic rings. The number of aliphatic hydroxyl groups is 1. The molecular formula is C11H24N2O2. The first-order valence-corrected chi connectivity index (χ1v) is 5.43. The van der Waals surface area contributed by atoms with Crippen LogP contribution in [0.1, 0.15) is 12.8 Å². The van der Waals surface area contributed by atoms with E-state index in [0.29, 0.717) is 6.54 Å². The van der Waals surface area contributed by atoms with Crippen LogP contribution in [-0.4, -0.2) is 56.0 Å². The van der Waals surface area contributed by atoms with E-state index in [1.807, 2.05) is 6.08 Å². The van der Waals surface area contributed by atoms with Crippen molar-refractivity contribution in [3.8, 4) is 0 Å². The van der Waals surface area contributed by atoms with E-state index >= 15 is 0 Å². The lowest BCUT2D eigenvalue weighted by atomic mass is 10.1. The summed E-state index contributed by atoms with van der Waals surface area (Å²) in [6, 6.07) is 0.145. The summed E-state index contributed by atoms with van der Waals surface area (Å²) in [5, 5.41) is 8.85. The van der Waals surface area contributed by atoms with E-state index in [2.05, 4.69) is 11.5 Å². The number of nitrogens with zero attached hydrogens (tertiary/aromatic N) is 1. The number of hydrogen-bond donors (Lipinski definition) is 2. The molecule has 90 valence electrons. The third-order valence-electron chi connectivity index (χ3n) is 2.22. The molecule has 0 saturated heterocycles. The Balaban J connectivity index is 3.67. The highest BCUT2D eigenvalue weighted by atomic mass is 16.5. The number of aliphatic hydroxyl groups excluding tert-OH is 1. The number of nitrogens with two attached hydrogens (primary N) is 1. The van der Waals surface area contributed by atoms with Gasteiger partial charge in [-0.05, 0) is 12.8 Å². The second-order valence-corrected chi connectivity index (χ2v) is 3.67. The lowest BCUT2D eigenvalue weighted by Gasteiger charge is -2.23. The molecule has 0 bridgehead atoms. The van der Waals surface area contributed by atoms with Crippen LogP contribution >= 0.6 is 0 Å². The van der Waals surface area contributed by atoms with E-state index in [1.165, 1.54) is 0 Å². The molecule has 0 amide bonds. The second kappa shape index (κ2) is 10.1. The molecular weight excluding hydrogens is 192 g/mol. The highest BCUT2D eigenvalue weighted by Gasteiger charge is 2.08. The predicted molar refractivity (Wildman–Crippen MR) is 62.8 cm³/mol. The van der Waals surface area contributed by atoms with Crippen LogP contribution in [0.3, 0.4) is 0 Å². The van der Waals surface area contributed by atoms with Gasteiger partial charge < -0.3 is 15.6 Å². The minimum Gasteiger partial charge on any atom is -0.395 e. The van der Waals surface area contributed by atoms with Crippen molar-refractivity contribution in [3.63, 3.8) is 0 Å². The van der Waals surface area contributed by atoms with E-state index in [0.717, 1.165) is 32.5 Å². The summed E-state index contributed by atoms with van der Waals surface area (Å²) < 4.78 is 4.97. The van der Waals surface area contributed by atoms with Gasteiger partial charge in [0.1, 0.15) is 0 Å². The zero-order chi connectivity index (χ0) is 11.5. The number of hydrogen-bond acceptors (Lipinski definition) is 4. The van der Waals surface area contributed by atoms with Crippen LogP contribution in [0.4, 0.5) is 0 Å². The summed E-state index contributed by atoms with van der Waals surface area (Å²) in [5.41, 5.74) is 5.96. The largest absolute Gasteiger partial charge is 0.395 e. The van der Waals surface area contributed by atoms with Gasteiger partial charge in [-0.15, -0.1) is 6.58 Å². The molecule has 0 saturated carbocycles. The van der Waals surface area contributed by atoms with Crippen LogP contribution in [0.2, 0.25) is 0 Å². The quantitative estimate of drug-likeness (QED) is 0.405. The number of methoxy groups -OCH3 is 1. The third-order valence-corrected chi connectivity index (χ3v) is 2.22. The summed E-state index contributed by atoms with van der Waals surface area (Å²) in [7, 11) is 1.70. The van der Waals surface area contributed by atoms with Crippen molar-refractivity contribution in [1.82, 2.24) is 4.90 Å². The zero-order valence-electron chi connectivity index (χ0n) is 9.69. The molecule has 0 fully saturated rings. The molecule has 0 aliphatic carbocycles. The van der Waals surface area contributed by atoms with Gasteiger partial charge in [-0.25, -0.2) is 0 Å². The summed E-state index contributed by atoms with van der Waals surface area (Å²) in [6.07, 6.45) is 3.77. The van der Waals surface area contributed by atoms with Gasteiger partial charge in [0, 0.05) is 39.4 Å². The highest BCUT2D eigenvalue weighted by Crippen LogP contribution is 1.98. The van der Waals surface area contributed by atoms with Gasteiger partial charge in [0.25, 0.3) is 0 Å². The van der Waals surface area contributed by atoms with Crippen molar-refractivity contribution in [2.24, 2.45) is 5.73 Å². The van der Waals surface area contributed by atoms with Crippen LogP contribution in [-0.2, 0) is 4.74 Å². The van der Waals surface area contributed by atoms with Crippen molar-refractivity contribution >= 4 is 0 Å². The Morgan fingerprint density at radius 2 is 2.33 bits per heavy atom. The number of ether oxygens (including phenoxy) is 1. The van der Waals surface area contributed by atoms with Gasteiger partial charge >= 0.3 is 0 Å². The van der Waals surface area contributed by atoms with Crippen LogP contribution in [0.5, 0.6) is 0 Å². The van der Waals surface area contributed by atoms with E-state index in [9.17, 15) is 0 Å². The fraction of sp³-hybridized carbons (Fsp3) is 0.818. The van der Waals surface area contributed by atoms with Crippen LogP contribution in [0, 0.1) is 0 Å². The maximum atomic E-state index is 8.85. The molecule has 15 heavy (non-hydrogen) atoms. The summed E-state index contributed by atoms with van der Waals surface area (Å²) >= 11 is 0. The van der Waals surface area contributed by atoms with Gasteiger partial charge in [-0.1, -0.05) is 6.08 Å². The number of rotatable bonds is 10. The van der Waals surface area contributed by atoms with E-state index in [4.69, 9.17) is 15.6 Å². The average molecular weight is 216 g/mol. The Hall–Kier alpha value is -0.420. The van der Waals surface area contributed by atoms with E-state index < -0.39 is 0 Å². The average Bonchev–Trinajstić information content (AvgIpc) is 2.19. The minimum absolute atomic E-state index is 0.145. The molecule has 0 rings (SSSR count). The SMILES string of the molecule is C=CCN(CCO)CC(N)CCCOC. The monoisotopic (exact) mass is 216 g/mol. The van der Waals surface area contributed by atoms with Crippen LogP contribution in [0.15, 0.2) is 12.7 Å². The Bertz CT molecular complexity index is 154. The smallest absolute Gasteiger partial charge is 0.0558 e. The maximum Gasteiger partial charge on any atom is 0.0558 e. The molecule has 0 aromatic carbocycles. The van der Waals surface area contributed by atoms with Crippen molar-refractivity contribution in [3.05, 3.63) is 12.7 Å². The molecule has 0 aromatic heterocycles. The van der Waals surface area contributed by atoms with Crippen LogP contribution < -0.4 is 5.73 Å². The van der Waals surface area contributed by atoms with Crippen molar-refractivity contribution in [2.75, 3.05) is 40.0 Å². The third kappa shape index (κ3) is 8.57. The molecule has 3 N–H and O–H groups in total. The minimum atomic E-state index is 0.145. The standard InChI is InChI=1S/C11H24N2O2/c1-3-6-13(7-8-14)10-11(12)5-4-9-15-2/h3,11,14H,1,4-10,12H2,2H3. The lowest BCUT2D eigenvalue weighted by molar-refractivity contribution is 0.178. The Labute approximate surface area is 92.7 Å². The molecule has 0 aliphatic heterocycles. The van der Waals surface area contributed by atoms with Crippen molar-refractivity contribution in [1.29, 1.82) is 0 Å². The van der Waals surface area contributed by atoms with Crippen LogP contribution in [0.25, 0.3) is 0 Å². The van der Waals surface area contributed by atoms with Gasteiger partial charge in [0.15, 0.2) is 0 Å². The van der Waals surface area contributed by atoms with Gasteiger partial charge in [0.2, 0.25) is 0 Å². The lowest BCUT2D eigenvalue weighted by Crippen LogP contribution is -2.39. The maximum absolute atomic E-state index is 8.85. The molecule has 0 aromatic rings. The zero-order valence-corrected chi connectivity index (χ0v) is 9.69. The topological polar surface area (TPSA) is 58.7 Å².